The van der Waals surface area contributed by atoms with Gasteiger partial charge in [-0.1, -0.05) is 0 Å². The first-order valence-electron chi connectivity index (χ1n) is 7.46. The maximum Gasteiger partial charge on any atom is 0.416 e. The van der Waals surface area contributed by atoms with Crippen molar-refractivity contribution >= 4 is 11.9 Å². The van der Waals surface area contributed by atoms with Crippen molar-refractivity contribution < 1.29 is 27.5 Å². The van der Waals surface area contributed by atoms with Crippen molar-refractivity contribution in [3.63, 3.8) is 0 Å². The van der Waals surface area contributed by atoms with Crippen LogP contribution in [0.2, 0.25) is 0 Å². The molecule has 1 amide bonds. The molecule has 1 atom stereocenters. The standard InChI is InChI=1S/C16H18F3NO3/c1-2-23-15(22)12-4-3-9-20(10-12)14(21)11-5-7-13(8-6-11)16(17,18)19/h5-8,12H,2-4,9-10H2,1H3/t12-/m0/s1. The predicted molar refractivity (Wildman–Crippen MR) is 76.7 cm³/mol. The summed E-state index contributed by atoms with van der Waals surface area (Å²) in [5, 5.41) is 0. The molecule has 0 spiro atoms. The maximum absolute atomic E-state index is 12.5. The Morgan fingerprint density at radius 1 is 1.26 bits per heavy atom. The van der Waals surface area contributed by atoms with E-state index < -0.39 is 11.7 Å². The molecule has 1 aliphatic rings. The van der Waals surface area contributed by atoms with Crippen LogP contribution in [0.15, 0.2) is 24.3 Å². The molecule has 1 aliphatic heterocycles. The molecule has 1 saturated heterocycles. The van der Waals surface area contributed by atoms with Gasteiger partial charge in [-0.2, -0.15) is 13.2 Å². The van der Waals surface area contributed by atoms with Crippen LogP contribution in [0.1, 0.15) is 35.7 Å². The number of hydrogen-bond donors (Lipinski definition) is 0. The topological polar surface area (TPSA) is 46.6 Å². The Hall–Kier alpha value is -2.05. The van der Waals surface area contributed by atoms with Crippen molar-refractivity contribution in [1.29, 1.82) is 0 Å². The van der Waals surface area contributed by atoms with Crippen molar-refractivity contribution in [3.05, 3.63) is 35.4 Å². The molecule has 2 rings (SSSR count). The molecule has 1 fully saturated rings. The molecule has 1 heterocycles. The van der Waals surface area contributed by atoms with Crippen molar-refractivity contribution in [2.45, 2.75) is 25.9 Å². The second kappa shape index (κ2) is 7.02. The molecule has 0 aliphatic carbocycles. The second-order valence-electron chi connectivity index (χ2n) is 5.42. The molecule has 1 aromatic carbocycles. The van der Waals surface area contributed by atoms with Crippen LogP contribution in [-0.2, 0) is 15.7 Å². The normalized spacial score (nSPS) is 18.6. The average molecular weight is 329 g/mol. The minimum atomic E-state index is -4.43. The Balaban J connectivity index is 2.06. The van der Waals surface area contributed by atoms with Gasteiger partial charge in [0.15, 0.2) is 0 Å². The Labute approximate surface area is 132 Å². The highest BCUT2D eigenvalue weighted by Gasteiger charge is 2.32. The summed E-state index contributed by atoms with van der Waals surface area (Å²) in [5.74, 6) is -1.08. The highest BCUT2D eigenvalue weighted by molar-refractivity contribution is 5.94. The number of esters is 1. The molecule has 23 heavy (non-hydrogen) atoms. The quantitative estimate of drug-likeness (QED) is 0.801. The number of benzene rings is 1. The zero-order valence-corrected chi connectivity index (χ0v) is 12.7. The summed E-state index contributed by atoms with van der Waals surface area (Å²) in [6, 6.07) is 4.11. The SMILES string of the molecule is CCOC(=O)[C@H]1CCCN(C(=O)c2ccc(C(F)(F)F)cc2)C1. The van der Waals surface area contributed by atoms with Crippen LogP contribution in [-0.4, -0.2) is 36.5 Å². The molecule has 0 aromatic heterocycles. The maximum atomic E-state index is 12.5. The molecule has 0 saturated carbocycles. The van der Waals surface area contributed by atoms with E-state index in [0.29, 0.717) is 19.4 Å². The van der Waals surface area contributed by atoms with Gasteiger partial charge in [0.1, 0.15) is 0 Å². The second-order valence-corrected chi connectivity index (χ2v) is 5.42. The predicted octanol–water partition coefficient (Wildman–Crippen LogP) is 3.12. The summed E-state index contributed by atoms with van der Waals surface area (Å²) in [6.45, 7) is 2.71. The van der Waals surface area contributed by atoms with E-state index in [4.69, 9.17) is 4.74 Å². The number of piperidine rings is 1. The van der Waals surface area contributed by atoms with E-state index in [2.05, 4.69) is 0 Å². The van der Waals surface area contributed by atoms with Gasteiger partial charge in [0.2, 0.25) is 0 Å². The first-order valence-corrected chi connectivity index (χ1v) is 7.46. The van der Waals surface area contributed by atoms with Crippen molar-refractivity contribution in [2.24, 2.45) is 5.92 Å². The zero-order chi connectivity index (χ0) is 17.0. The summed E-state index contributed by atoms with van der Waals surface area (Å²) in [4.78, 5) is 25.6. The Kier molecular flexibility index (Phi) is 5.28. The van der Waals surface area contributed by atoms with Crippen LogP contribution in [0, 0.1) is 5.92 Å². The third kappa shape index (κ3) is 4.24. The lowest BCUT2D eigenvalue weighted by Crippen LogP contribution is -2.42. The first kappa shape index (κ1) is 17.3. The van der Waals surface area contributed by atoms with Crippen LogP contribution < -0.4 is 0 Å². The van der Waals surface area contributed by atoms with E-state index >= 15 is 0 Å². The summed E-state index contributed by atoms with van der Waals surface area (Å²) < 4.78 is 42.6. The number of ether oxygens (including phenoxy) is 1. The highest BCUT2D eigenvalue weighted by Crippen LogP contribution is 2.29. The van der Waals surface area contributed by atoms with E-state index in [1.54, 1.807) is 6.92 Å². The van der Waals surface area contributed by atoms with Crippen LogP contribution in [0.4, 0.5) is 13.2 Å². The molecule has 126 valence electrons. The number of hydrogen-bond acceptors (Lipinski definition) is 3. The monoisotopic (exact) mass is 329 g/mol. The molecule has 0 N–H and O–H groups in total. The van der Waals surface area contributed by atoms with Gasteiger partial charge >= 0.3 is 12.1 Å². The molecule has 1 aromatic rings. The number of carbonyl (C=O) groups excluding carboxylic acids is 2. The molecule has 0 bridgehead atoms. The molecule has 4 nitrogen and oxygen atoms in total. The lowest BCUT2D eigenvalue weighted by Gasteiger charge is -2.31. The van der Waals surface area contributed by atoms with Crippen LogP contribution in [0.25, 0.3) is 0 Å². The van der Waals surface area contributed by atoms with Crippen molar-refractivity contribution in [3.8, 4) is 0 Å². The lowest BCUT2D eigenvalue weighted by atomic mass is 9.97. The Morgan fingerprint density at radius 2 is 1.91 bits per heavy atom. The first-order chi connectivity index (χ1) is 10.8. The van der Waals surface area contributed by atoms with E-state index in [1.807, 2.05) is 0 Å². The molecular formula is C16H18F3NO3. The van der Waals surface area contributed by atoms with Gasteiger partial charge in [-0.15, -0.1) is 0 Å². The van der Waals surface area contributed by atoms with Gasteiger partial charge < -0.3 is 9.64 Å². The summed E-state index contributed by atoms with van der Waals surface area (Å²) in [5.41, 5.74) is -0.611. The minimum Gasteiger partial charge on any atom is -0.466 e. The zero-order valence-electron chi connectivity index (χ0n) is 12.7. The molecule has 0 radical (unpaired) electrons. The van der Waals surface area contributed by atoms with Gasteiger partial charge in [0, 0.05) is 18.7 Å². The van der Waals surface area contributed by atoms with E-state index in [1.165, 1.54) is 17.0 Å². The number of carbonyl (C=O) groups is 2. The fourth-order valence-corrected chi connectivity index (χ4v) is 2.60. The van der Waals surface area contributed by atoms with Gasteiger partial charge in [-0.25, -0.2) is 0 Å². The Bertz CT molecular complexity index is 569. The van der Waals surface area contributed by atoms with E-state index in [-0.39, 0.29) is 36.5 Å². The van der Waals surface area contributed by atoms with Gasteiger partial charge in [-0.05, 0) is 44.0 Å². The Morgan fingerprint density at radius 3 is 2.48 bits per heavy atom. The smallest absolute Gasteiger partial charge is 0.416 e. The number of alkyl halides is 3. The fourth-order valence-electron chi connectivity index (χ4n) is 2.60. The number of halogens is 3. The van der Waals surface area contributed by atoms with Crippen molar-refractivity contribution in [1.82, 2.24) is 4.90 Å². The van der Waals surface area contributed by atoms with Crippen LogP contribution in [0.3, 0.4) is 0 Å². The van der Waals surface area contributed by atoms with Crippen molar-refractivity contribution in [2.75, 3.05) is 19.7 Å². The summed E-state index contributed by atoms with van der Waals surface area (Å²) in [7, 11) is 0. The third-order valence-electron chi connectivity index (χ3n) is 3.79. The number of rotatable bonds is 3. The molecular weight excluding hydrogens is 311 g/mol. The summed E-state index contributed by atoms with van der Waals surface area (Å²) >= 11 is 0. The number of amides is 1. The highest BCUT2D eigenvalue weighted by atomic mass is 19.4. The number of likely N-dealkylation sites (tertiary alicyclic amines) is 1. The van der Waals surface area contributed by atoms with Gasteiger partial charge in [0.05, 0.1) is 18.1 Å². The lowest BCUT2D eigenvalue weighted by molar-refractivity contribution is -0.149. The molecule has 0 unspecified atom stereocenters. The van der Waals surface area contributed by atoms with E-state index in [0.717, 1.165) is 12.1 Å². The van der Waals surface area contributed by atoms with Gasteiger partial charge in [0.25, 0.3) is 5.91 Å². The minimum absolute atomic E-state index is 0.183. The van der Waals surface area contributed by atoms with E-state index in [9.17, 15) is 22.8 Å². The number of nitrogens with zero attached hydrogens (tertiary/aromatic N) is 1. The van der Waals surface area contributed by atoms with Gasteiger partial charge in [-0.3, -0.25) is 9.59 Å². The van der Waals surface area contributed by atoms with Crippen LogP contribution in [0.5, 0.6) is 0 Å². The fraction of sp³-hybridized carbons (Fsp3) is 0.500. The largest absolute Gasteiger partial charge is 0.466 e. The average Bonchev–Trinajstić information content (AvgIpc) is 2.54. The third-order valence-corrected chi connectivity index (χ3v) is 3.79. The van der Waals surface area contributed by atoms with Crippen LogP contribution >= 0.6 is 0 Å². The molecule has 7 heteroatoms. The summed E-state index contributed by atoms with van der Waals surface area (Å²) in [6.07, 6.45) is -3.12.